The number of carbonyl (C=O) groups excluding carboxylic acids is 1. The highest BCUT2D eigenvalue weighted by Gasteiger charge is 2.20. The predicted octanol–water partition coefficient (Wildman–Crippen LogP) is 3.01. The van der Waals surface area contributed by atoms with Gasteiger partial charge in [-0.3, -0.25) is 9.63 Å². The first-order chi connectivity index (χ1) is 8.86. The quantitative estimate of drug-likeness (QED) is 0.768. The van der Waals surface area contributed by atoms with Gasteiger partial charge in [-0.05, 0) is 29.7 Å². The fourth-order valence-corrected chi connectivity index (χ4v) is 2.30. The maximum absolute atomic E-state index is 12.4. The standard InChI is InChI=1S/C15H15NO2/c17-15(16-10-3-4-11-18-16)14-9-5-7-12-6-1-2-8-13(12)14/h1-2,5-9H,3-4,10-11H2. The van der Waals surface area contributed by atoms with Gasteiger partial charge in [0.05, 0.1) is 6.61 Å². The van der Waals surface area contributed by atoms with Crippen molar-refractivity contribution >= 4 is 16.7 Å². The monoisotopic (exact) mass is 241 g/mol. The van der Waals surface area contributed by atoms with E-state index in [2.05, 4.69) is 0 Å². The number of rotatable bonds is 1. The van der Waals surface area contributed by atoms with Gasteiger partial charge in [0.15, 0.2) is 0 Å². The van der Waals surface area contributed by atoms with Crippen molar-refractivity contribution in [1.82, 2.24) is 5.06 Å². The van der Waals surface area contributed by atoms with Crippen molar-refractivity contribution in [3.63, 3.8) is 0 Å². The molecule has 3 heteroatoms. The van der Waals surface area contributed by atoms with E-state index in [1.165, 1.54) is 5.06 Å². The van der Waals surface area contributed by atoms with Crippen LogP contribution >= 0.6 is 0 Å². The summed E-state index contributed by atoms with van der Waals surface area (Å²) in [6.07, 6.45) is 2.04. The third-order valence-electron chi connectivity index (χ3n) is 3.25. The smallest absolute Gasteiger partial charge is 0.271 e. The topological polar surface area (TPSA) is 29.5 Å². The number of nitrogens with zero attached hydrogens (tertiary/aromatic N) is 1. The van der Waals surface area contributed by atoms with Crippen LogP contribution in [-0.2, 0) is 4.84 Å². The molecule has 0 atom stereocenters. The molecule has 0 unspecified atom stereocenters. The zero-order valence-corrected chi connectivity index (χ0v) is 10.1. The van der Waals surface area contributed by atoms with Crippen molar-refractivity contribution < 1.29 is 9.63 Å². The first-order valence-corrected chi connectivity index (χ1v) is 6.29. The molecule has 0 aliphatic carbocycles. The third kappa shape index (κ3) is 1.97. The molecule has 3 rings (SSSR count). The van der Waals surface area contributed by atoms with Crippen LogP contribution < -0.4 is 0 Å². The molecule has 0 spiro atoms. The van der Waals surface area contributed by atoms with E-state index < -0.39 is 0 Å². The van der Waals surface area contributed by atoms with Crippen molar-refractivity contribution in [2.24, 2.45) is 0 Å². The van der Waals surface area contributed by atoms with Crippen molar-refractivity contribution in [3.8, 4) is 0 Å². The fourth-order valence-electron chi connectivity index (χ4n) is 2.30. The molecule has 1 aliphatic rings. The molecule has 92 valence electrons. The van der Waals surface area contributed by atoms with E-state index in [1.54, 1.807) is 0 Å². The average Bonchev–Trinajstić information content (AvgIpc) is 2.47. The summed E-state index contributed by atoms with van der Waals surface area (Å²) in [6.45, 7) is 1.32. The van der Waals surface area contributed by atoms with E-state index in [0.29, 0.717) is 13.2 Å². The Hall–Kier alpha value is -1.87. The Morgan fingerprint density at radius 2 is 1.89 bits per heavy atom. The van der Waals surface area contributed by atoms with E-state index in [1.807, 2.05) is 42.5 Å². The van der Waals surface area contributed by atoms with Gasteiger partial charge in [-0.2, -0.15) is 0 Å². The first-order valence-electron chi connectivity index (χ1n) is 6.29. The Balaban J connectivity index is 2.00. The molecule has 1 saturated heterocycles. The van der Waals surface area contributed by atoms with E-state index in [0.717, 1.165) is 29.2 Å². The van der Waals surface area contributed by atoms with Gasteiger partial charge in [-0.15, -0.1) is 0 Å². The Kier molecular flexibility index (Phi) is 2.99. The number of amides is 1. The summed E-state index contributed by atoms with van der Waals surface area (Å²) in [6, 6.07) is 13.7. The molecule has 18 heavy (non-hydrogen) atoms. The number of hydrogen-bond donors (Lipinski definition) is 0. The fraction of sp³-hybridized carbons (Fsp3) is 0.267. The van der Waals surface area contributed by atoms with Gasteiger partial charge in [0, 0.05) is 12.1 Å². The lowest BCUT2D eigenvalue weighted by atomic mass is 10.0. The summed E-state index contributed by atoms with van der Waals surface area (Å²) in [5, 5.41) is 3.56. The van der Waals surface area contributed by atoms with Crippen LogP contribution in [0.4, 0.5) is 0 Å². The molecule has 2 aromatic rings. The van der Waals surface area contributed by atoms with E-state index in [4.69, 9.17) is 4.84 Å². The van der Waals surface area contributed by atoms with Crippen molar-refractivity contribution in [2.75, 3.05) is 13.2 Å². The largest absolute Gasteiger partial charge is 0.278 e. The lowest BCUT2D eigenvalue weighted by molar-refractivity contribution is -0.144. The van der Waals surface area contributed by atoms with E-state index >= 15 is 0 Å². The molecule has 0 N–H and O–H groups in total. The van der Waals surface area contributed by atoms with Crippen LogP contribution in [0.15, 0.2) is 42.5 Å². The number of carbonyl (C=O) groups is 1. The van der Waals surface area contributed by atoms with Crippen molar-refractivity contribution in [3.05, 3.63) is 48.0 Å². The summed E-state index contributed by atoms with van der Waals surface area (Å²) in [4.78, 5) is 17.8. The minimum absolute atomic E-state index is 0.0356. The van der Waals surface area contributed by atoms with Gasteiger partial charge in [-0.1, -0.05) is 36.4 Å². The second-order valence-corrected chi connectivity index (χ2v) is 4.47. The average molecular weight is 241 g/mol. The number of fused-ring (bicyclic) bond motifs is 1. The van der Waals surface area contributed by atoms with E-state index in [9.17, 15) is 4.79 Å². The Morgan fingerprint density at radius 1 is 1.06 bits per heavy atom. The summed E-state index contributed by atoms with van der Waals surface area (Å²) in [7, 11) is 0. The molecule has 1 heterocycles. The van der Waals surface area contributed by atoms with Gasteiger partial charge < -0.3 is 0 Å². The van der Waals surface area contributed by atoms with E-state index in [-0.39, 0.29) is 5.91 Å². The number of benzene rings is 2. The Labute approximate surface area is 106 Å². The van der Waals surface area contributed by atoms with Crippen LogP contribution in [-0.4, -0.2) is 24.1 Å². The molecular formula is C15H15NO2. The van der Waals surface area contributed by atoms with Crippen LogP contribution in [0.3, 0.4) is 0 Å². The minimum atomic E-state index is -0.0356. The SMILES string of the molecule is O=C(c1cccc2ccccc12)N1CCCCO1. The summed E-state index contributed by atoms with van der Waals surface area (Å²) in [5.41, 5.74) is 0.718. The normalized spacial score (nSPS) is 15.9. The zero-order valence-electron chi connectivity index (χ0n) is 10.1. The summed E-state index contributed by atoms with van der Waals surface area (Å²) < 4.78 is 0. The summed E-state index contributed by atoms with van der Waals surface area (Å²) >= 11 is 0. The second-order valence-electron chi connectivity index (χ2n) is 4.47. The van der Waals surface area contributed by atoms with Crippen molar-refractivity contribution in [1.29, 1.82) is 0 Å². The molecular weight excluding hydrogens is 226 g/mol. The third-order valence-corrected chi connectivity index (χ3v) is 3.25. The second kappa shape index (κ2) is 4.78. The lowest BCUT2D eigenvalue weighted by Crippen LogP contribution is -2.35. The Morgan fingerprint density at radius 3 is 2.72 bits per heavy atom. The molecule has 1 aliphatic heterocycles. The van der Waals surface area contributed by atoms with Gasteiger partial charge in [-0.25, -0.2) is 5.06 Å². The molecule has 3 nitrogen and oxygen atoms in total. The predicted molar refractivity (Wildman–Crippen MR) is 70.2 cm³/mol. The summed E-state index contributed by atoms with van der Waals surface area (Å²) in [5.74, 6) is -0.0356. The highest BCUT2D eigenvalue weighted by molar-refractivity contribution is 6.06. The first kappa shape index (κ1) is 11.2. The maximum atomic E-state index is 12.4. The highest BCUT2D eigenvalue weighted by atomic mass is 16.7. The lowest BCUT2D eigenvalue weighted by Gasteiger charge is -2.26. The molecule has 0 bridgehead atoms. The van der Waals surface area contributed by atoms with Crippen molar-refractivity contribution in [2.45, 2.75) is 12.8 Å². The minimum Gasteiger partial charge on any atom is -0.271 e. The van der Waals surface area contributed by atoms with Gasteiger partial charge in [0.2, 0.25) is 0 Å². The number of hydroxylamine groups is 2. The number of hydrogen-bond acceptors (Lipinski definition) is 2. The van der Waals surface area contributed by atoms with Gasteiger partial charge in [0.25, 0.3) is 5.91 Å². The maximum Gasteiger partial charge on any atom is 0.278 e. The van der Waals surface area contributed by atoms with Crippen LogP contribution in [0, 0.1) is 0 Å². The highest BCUT2D eigenvalue weighted by Crippen LogP contribution is 2.21. The molecule has 1 fully saturated rings. The van der Waals surface area contributed by atoms with Crippen LogP contribution in [0.1, 0.15) is 23.2 Å². The zero-order chi connectivity index (χ0) is 12.4. The molecule has 0 radical (unpaired) electrons. The van der Waals surface area contributed by atoms with Crippen LogP contribution in [0.2, 0.25) is 0 Å². The van der Waals surface area contributed by atoms with Crippen LogP contribution in [0.25, 0.3) is 10.8 Å². The van der Waals surface area contributed by atoms with Gasteiger partial charge in [0.1, 0.15) is 0 Å². The van der Waals surface area contributed by atoms with Crippen LogP contribution in [0.5, 0.6) is 0 Å². The molecule has 2 aromatic carbocycles. The Bertz CT molecular complexity index is 568. The molecule has 0 aromatic heterocycles. The molecule has 1 amide bonds. The van der Waals surface area contributed by atoms with Gasteiger partial charge >= 0.3 is 0 Å². The molecule has 0 saturated carbocycles.